The maximum Gasteiger partial charge on any atom is 0.252 e. The third-order valence-corrected chi connectivity index (χ3v) is 4.88. The number of carbonyl (C=O) groups excluding carboxylic acids is 1. The lowest BCUT2D eigenvalue weighted by atomic mass is 10.0. The summed E-state index contributed by atoms with van der Waals surface area (Å²) in [7, 11) is 2.06. The molecule has 2 heterocycles. The molecule has 1 saturated heterocycles. The summed E-state index contributed by atoms with van der Waals surface area (Å²) >= 11 is 0. The molecule has 3 rings (SSSR count). The lowest BCUT2D eigenvalue weighted by Crippen LogP contribution is -2.44. The van der Waals surface area contributed by atoms with Crippen LogP contribution in [0, 0.1) is 12.8 Å². The van der Waals surface area contributed by atoms with Gasteiger partial charge in [0.15, 0.2) is 5.82 Å². The van der Waals surface area contributed by atoms with Crippen molar-refractivity contribution in [2.45, 2.75) is 32.9 Å². The van der Waals surface area contributed by atoms with Crippen molar-refractivity contribution in [2.24, 2.45) is 5.92 Å². The predicted molar refractivity (Wildman–Crippen MR) is 98.8 cm³/mol. The molecule has 2 unspecified atom stereocenters. The average Bonchev–Trinajstić information content (AvgIpc) is 3.09. The SMILES string of the molecule is Cc1ccccc1C(=O)NC(c1nc(C2CNCCN2C)no1)C(C)C. The van der Waals surface area contributed by atoms with E-state index >= 15 is 0 Å². The van der Waals surface area contributed by atoms with Crippen molar-refractivity contribution in [3.05, 3.63) is 47.1 Å². The highest BCUT2D eigenvalue weighted by molar-refractivity contribution is 5.95. The molecule has 1 aromatic heterocycles. The van der Waals surface area contributed by atoms with Crippen LogP contribution in [0.15, 0.2) is 28.8 Å². The molecule has 7 nitrogen and oxygen atoms in total. The second kappa shape index (κ2) is 7.97. The van der Waals surface area contributed by atoms with Crippen LogP contribution in [0.4, 0.5) is 0 Å². The summed E-state index contributed by atoms with van der Waals surface area (Å²) in [4.78, 5) is 19.5. The molecule has 2 atom stereocenters. The van der Waals surface area contributed by atoms with Crippen LogP contribution >= 0.6 is 0 Å². The monoisotopic (exact) mass is 357 g/mol. The van der Waals surface area contributed by atoms with Gasteiger partial charge < -0.3 is 15.2 Å². The number of carbonyl (C=O) groups is 1. The van der Waals surface area contributed by atoms with Crippen LogP contribution in [0.25, 0.3) is 0 Å². The van der Waals surface area contributed by atoms with Gasteiger partial charge in [-0.2, -0.15) is 4.98 Å². The molecule has 0 spiro atoms. The first-order chi connectivity index (χ1) is 12.5. The van der Waals surface area contributed by atoms with E-state index in [1.54, 1.807) is 0 Å². The summed E-state index contributed by atoms with van der Waals surface area (Å²) < 4.78 is 5.53. The van der Waals surface area contributed by atoms with E-state index in [4.69, 9.17) is 4.52 Å². The molecule has 0 aliphatic carbocycles. The van der Waals surface area contributed by atoms with Crippen LogP contribution in [0.5, 0.6) is 0 Å². The summed E-state index contributed by atoms with van der Waals surface area (Å²) in [6.07, 6.45) is 0. The Balaban J connectivity index is 1.78. The zero-order valence-corrected chi connectivity index (χ0v) is 15.8. The van der Waals surface area contributed by atoms with E-state index in [1.165, 1.54) is 0 Å². The Morgan fingerprint density at radius 1 is 1.38 bits per heavy atom. The number of rotatable bonds is 5. The third kappa shape index (κ3) is 3.94. The molecule has 7 heteroatoms. The van der Waals surface area contributed by atoms with Crippen molar-refractivity contribution < 1.29 is 9.32 Å². The van der Waals surface area contributed by atoms with Crippen molar-refractivity contribution in [1.82, 2.24) is 25.7 Å². The van der Waals surface area contributed by atoms with Gasteiger partial charge in [-0.1, -0.05) is 37.2 Å². The fourth-order valence-corrected chi connectivity index (χ4v) is 3.16. The number of nitrogens with zero attached hydrogens (tertiary/aromatic N) is 3. The molecule has 2 N–H and O–H groups in total. The second-order valence-electron chi connectivity index (χ2n) is 7.20. The summed E-state index contributed by atoms with van der Waals surface area (Å²) in [6, 6.07) is 7.29. The topological polar surface area (TPSA) is 83.3 Å². The van der Waals surface area contributed by atoms with Crippen molar-refractivity contribution in [3.8, 4) is 0 Å². The molecule has 1 aromatic carbocycles. The molecule has 0 radical (unpaired) electrons. The van der Waals surface area contributed by atoms with E-state index in [0.717, 1.165) is 25.2 Å². The van der Waals surface area contributed by atoms with E-state index < -0.39 is 0 Å². The minimum Gasteiger partial charge on any atom is -0.340 e. The van der Waals surface area contributed by atoms with Gasteiger partial charge in [0.25, 0.3) is 5.91 Å². The van der Waals surface area contributed by atoms with E-state index in [0.29, 0.717) is 17.3 Å². The van der Waals surface area contributed by atoms with Crippen molar-refractivity contribution in [3.63, 3.8) is 0 Å². The molecule has 1 aliphatic rings. The first-order valence-corrected chi connectivity index (χ1v) is 9.08. The minimum absolute atomic E-state index is 0.0844. The number of amides is 1. The predicted octanol–water partition coefficient (Wildman–Crippen LogP) is 2.08. The Bertz CT molecular complexity index is 758. The Labute approximate surface area is 154 Å². The fraction of sp³-hybridized carbons (Fsp3) is 0.526. The van der Waals surface area contributed by atoms with Crippen molar-refractivity contribution in [2.75, 3.05) is 26.7 Å². The van der Waals surface area contributed by atoms with Gasteiger partial charge in [0.2, 0.25) is 5.89 Å². The highest BCUT2D eigenvalue weighted by Gasteiger charge is 2.29. The second-order valence-corrected chi connectivity index (χ2v) is 7.20. The molecular weight excluding hydrogens is 330 g/mol. The zero-order chi connectivity index (χ0) is 18.7. The summed E-state index contributed by atoms with van der Waals surface area (Å²) in [5.74, 6) is 1.11. The van der Waals surface area contributed by atoms with Gasteiger partial charge in [0.1, 0.15) is 6.04 Å². The standard InChI is InChI=1S/C19H27N5O2/c1-12(2)16(21-18(25)14-8-6-5-7-13(14)3)19-22-17(23-26-19)15-11-20-9-10-24(15)4/h5-8,12,15-16,20H,9-11H2,1-4H3,(H,21,25). The molecule has 0 saturated carbocycles. The summed E-state index contributed by atoms with van der Waals surface area (Å²) in [5, 5.41) is 10.6. The number of aromatic nitrogens is 2. The molecular formula is C19H27N5O2. The highest BCUT2D eigenvalue weighted by atomic mass is 16.5. The Kier molecular flexibility index (Phi) is 5.68. The van der Waals surface area contributed by atoms with Gasteiger partial charge in [0, 0.05) is 25.2 Å². The molecule has 1 fully saturated rings. The first-order valence-electron chi connectivity index (χ1n) is 9.08. The van der Waals surface area contributed by atoms with Crippen LogP contribution < -0.4 is 10.6 Å². The summed E-state index contributed by atoms with van der Waals surface area (Å²) in [5.41, 5.74) is 1.60. The van der Waals surface area contributed by atoms with Gasteiger partial charge in [0.05, 0.1) is 6.04 Å². The van der Waals surface area contributed by atoms with E-state index in [1.807, 2.05) is 45.0 Å². The quantitative estimate of drug-likeness (QED) is 0.852. The lowest BCUT2D eigenvalue weighted by molar-refractivity contribution is 0.0913. The number of nitrogens with one attached hydrogen (secondary N) is 2. The van der Waals surface area contributed by atoms with Crippen LogP contribution in [0.3, 0.4) is 0 Å². The number of benzene rings is 1. The van der Waals surface area contributed by atoms with Gasteiger partial charge in [-0.15, -0.1) is 0 Å². The van der Waals surface area contributed by atoms with Crippen LogP contribution in [0.1, 0.15) is 53.6 Å². The highest BCUT2D eigenvalue weighted by Crippen LogP contribution is 2.24. The van der Waals surface area contributed by atoms with Gasteiger partial charge in [-0.3, -0.25) is 9.69 Å². The number of likely N-dealkylation sites (N-methyl/N-ethyl adjacent to an activating group) is 1. The Morgan fingerprint density at radius 3 is 2.85 bits per heavy atom. The maximum absolute atomic E-state index is 12.7. The Hall–Kier alpha value is -2.25. The van der Waals surface area contributed by atoms with Crippen LogP contribution in [0.2, 0.25) is 0 Å². The average molecular weight is 357 g/mol. The van der Waals surface area contributed by atoms with Crippen molar-refractivity contribution >= 4 is 5.91 Å². The van der Waals surface area contributed by atoms with Crippen molar-refractivity contribution in [1.29, 1.82) is 0 Å². The smallest absolute Gasteiger partial charge is 0.252 e. The van der Waals surface area contributed by atoms with Gasteiger partial charge in [-0.05, 0) is 31.5 Å². The lowest BCUT2D eigenvalue weighted by Gasteiger charge is -2.30. The zero-order valence-electron chi connectivity index (χ0n) is 15.8. The van der Waals surface area contributed by atoms with Gasteiger partial charge in [-0.25, -0.2) is 0 Å². The normalized spacial score (nSPS) is 19.5. The molecule has 1 amide bonds. The minimum atomic E-state index is -0.329. The molecule has 26 heavy (non-hydrogen) atoms. The van der Waals surface area contributed by atoms with Gasteiger partial charge >= 0.3 is 0 Å². The van der Waals surface area contributed by atoms with E-state index in [9.17, 15) is 4.79 Å². The van der Waals surface area contributed by atoms with E-state index in [2.05, 4.69) is 32.7 Å². The van der Waals surface area contributed by atoms with E-state index in [-0.39, 0.29) is 23.9 Å². The maximum atomic E-state index is 12.7. The first kappa shape index (κ1) is 18.5. The number of piperazine rings is 1. The van der Waals surface area contributed by atoms with Crippen LogP contribution in [-0.4, -0.2) is 47.6 Å². The number of hydrogen-bond acceptors (Lipinski definition) is 6. The molecule has 0 bridgehead atoms. The third-order valence-electron chi connectivity index (χ3n) is 4.88. The molecule has 1 aliphatic heterocycles. The fourth-order valence-electron chi connectivity index (χ4n) is 3.16. The Morgan fingerprint density at radius 2 is 2.15 bits per heavy atom. The number of aryl methyl sites for hydroxylation is 1. The largest absolute Gasteiger partial charge is 0.340 e. The number of hydrogen-bond donors (Lipinski definition) is 2. The molecule has 140 valence electrons. The molecule has 2 aromatic rings. The van der Waals surface area contributed by atoms with Crippen LogP contribution in [-0.2, 0) is 0 Å². The summed E-state index contributed by atoms with van der Waals surface area (Å²) in [6.45, 7) is 8.67.